The number of ether oxygens (including phenoxy) is 1. The van der Waals surface area contributed by atoms with Crippen molar-refractivity contribution in [2.45, 2.75) is 25.1 Å². The number of hydrogen-bond donors (Lipinski definition) is 0. The number of alkyl halides is 1. The Morgan fingerprint density at radius 2 is 1.95 bits per heavy atom. The number of aryl methyl sites for hydroxylation is 1. The van der Waals surface area contributed by atoms with Gasteiger partial charge in [0.05, 0.1) is 7.11 Å². The fourth-order valence-electron chi connectivity index (χ4n) is 2.50. The second kappa shape index (κ2) is 7.17. The molecule has 1 atom stereocenters. The molecule has 0 heterocycles. The van der Waals surface area contributed by atoms with Crippen LogP contribution in [0.5, 0.6) is 5.75 Å². The summed E-state index contributed by atoms with van der Waals surface area (Å²) in [6.45, 7) is 4.17. The molecule has 2 aromatic rings. The van der Waals surface area contributed by atoms with Gasteiger partial charge < -0.3 is 4.74 Å². The highest BCUT2D eigenvalue weighted by Gasteiger charge is 2.20. The molecule has 0 aliphatic carbocycles. The van der Waals surface area contributed by atoms with Gasteiger partial charge in [0.25, 0.3) is 0 Å². The van der Waals surface area contributed by atoms with Gasteiger partial charge in [0.15, 0.2) is 0 Å². The third-order valence-electron chi connectivity index (χ3n) is 3.53. The molecule has 0 saturated heterocycles. The van der Waals surface area contributed by atoms with Crippen LogP contribution in [0.4, 0.5) is 0 Å². The zero-order valence-corrected chi connectivity index (χ0v) is 16.1. The Labute approximate surface area is 147 Å². The van der Waals surface area contributed by atoms with Crippen molar-refractivity contribution < 1.29 is 4.74 Å². The van der Waals surface area contributed by atoms with Crippen molar-refractivity contribution in [1.29, 1.82) is 0 Å². The van der Waals surface area contributed by atoms with E-state index in [2.05, 4.69) is 57.8 Å². The van der Waals surface area contributed by atoms with Crippen LogP contribution in [0.15, 0.2) is 34.8 Å². The molecule has 0 saturated carbocycles. The average Bonchev–Trinajstić information content (AvgIpc) is 2.42. The molecule has 0 fully saturated rings. The fourth-order valence-corrected chi connectivity index (χ4v) is 4.19. The highest BCUT2D eigenvalue weighted by atomic mass is 79.9. The molecule has 2 rings (SSSR count). The summed E-state index contributed by atoms with van der Waals surface area (Å²) in [6.07, 6.45) is 0.855. The van der Waals surface area contributed by atoms with E-state index >= 15 is 0 Å². The molecular formula is C17H17Br2ClO. The maximum Gasteiger partial charge on any atom is 0.126 e. The number of hydrogen-bond acceptors (Lipinski definition) is 1. The number of halogens is 3. The minimum atomic E-state index is 0.169. The number of benzene rings is 2. The van der Waals surface area contributed by atoms with Gasteiger partial charge in [0.1, 0.15) is 5.75 Å². The average molecular weight is 433 g/mol. The molecule has 0 spiro atoms. The first-order valence-electron chi connectivity index (χ1n) is 6.66. The molecular weight excluding hydrogens is 415 g/mol. The smallest absolute Gasteiger partial charge is 0.126 e. The second-order valence-electron chi connectivity index (χ2n) is 5.05. The normalized spacial score (nSPS) is 12.3. The van der Waals surface area contributed by atoms with Crippen LogP contribution < -0.4 is 4.74 Å². The first-order valence-corrected chi connectivity index (χ1v) is 8.74. The summed E-state index contributed by atoms with van der Waals surface area (Å²) in [6, 6.07) is 10.1. The molecule has 0 aliphatic heterocycles. The van der Waals surface area contributed by atoms with E-state index in [9.17, 15) is 0 Å². The minimum absolute atomic E-state index is 0.169. The van der Waals surface area contributed by atoms with Gasteiger partial charge in [-0.2, -0.15) is 0 Å². The maximum absolute atomic E-state index is 6.07. The highest BCUT2D eigenvalue weighted by Crippen LogP contribution is 2.41. The van der Waals surface area contributed by atoms with Gasteiger partial charge in [-0.05, 0) is 55.2 Å². The molecule has 0 N–H and O–H groups in total. The van der Waals surface area contributed by atoms with E-state index in [0.717, 1.165) is 27.2 Å². The van der Waals surface area contributed by atoms with E-state index in [1.54, 1.807) is 7.11 Å². The molecule has 2 aromatic carbocycles. The Balaban J connectivity index is 2.41. The number of rotatable bonds is 4. The molecule has 0 bridgehead atoms. The third-order valence-corrected chi connectivity index (χ3v) is 5.37. The topological polar surface area (TPSA) is 9.23 Å². The maximum atomic E-state index is 6.07. The van der Waals surface area contributed by atoms with Gasteiger partial charge in [-0.3, -0.25) is 0 Å². The largest absolute Gasteiger partial charge is 0.496 e. The zero-order valence-electron chi connectivity index (χ0n) is 12.2. The highest BCUT2D eigenvalue weighted by molar-refractivity contribution is 9.10. The first kappa shape index (κ1) is 16.9. The van der Waals surface area contributed by atoms with Crippen molar-refractivity contribution >= 4 is 43.5 Å². The van der Waals surface area contributed by atoms with Gasteiger partial charge in [-0.15, -0.1) is 0 Å². The fraction of sp³-hybridized carbons (Fsp3) is 0.294. The van der Waals surface area contributed by atoms with Gasteiger partial charge in [-0.1, -0.05) is 55.6 Å². The first-order chi connectivity index (χ1) is 9.93. The van der Waals surface area contributed by atoms with Gasteiger partial charge in [0.2, 0.25) is 0 Å². The quantitative estimate of drug-likeness (QED) is 0.508. The molecule has 112 valence electrons. The van der Waals surface area contributed by atoms with Crippen LogP contribution in [0, 0.1) is 13.8 Å². The van der Waals surface area contributed by atoms with E-state index in [1.807, 2.05) is 18.2 Å². The molecule has 1 unspecified atom stereocenters. The zero-order chi connectivity index (χ0) is 15.6. The summed E-state index contributed by atoms with van der Waals surface area (Å²) in [5.41, 5.74) is 4.70. The van der Waals surface area contributed by atoms with Crippen molar-refractivity contribution in [3.8, 4) is 5.75 Å². The Hall–Kier alpha value is -0.510. The summed E-state index contributed by atoms with van der Waals surface area (Å²) in [4.78, 5) is 0.169. The number of methoxy groups -OCH3 is 1. The Kier molecular flexibility index (Phi) is 5.75. The molecule has 1 nitrogen and oxygen atoms in total. The Morgan fingerprint density at radius 1 is 1.24 bits per heavy atom. The van der Waals surface area contributed by atoms with E-state index in [4.69, 9.17) is 16.3 Å². The SMILES string of the molecule is COc1c(C)cc(Br)c(C)c1C(Br)Cc1cccc(Cl)c1. The van der Waals surface area contributed by atoms with Crippen molar-refractivity contribution in [2.24, 2.45) is 0 Å². The lowest BCUT2D eigenvalue weighted by Crippen LogP contribution is -2.04. The Bertz CT molecular complexity index is 655. The van der Waals surface area contributed by atoms with Crippen LogP contribution in [0.3, 0.4) is 0 Å². The Morgan fingerprint density at radius 3 is 2.57 bits per heavy atom. The van der Waals surface area contributed by atoms with Crippen molar-refractivity contribution in [3.05, 3.63) is 62.1 Å². The third kappa shape index (κ3) is 3.82. The van der Waals surface area contributed by atoms with Gasteiger partial charge in [-0.25, -0.2) is 0 Å². The summed E-state index contributed by atoms with van der Waals surface area (Å²) < 4.78 is 6.72. The molecule has 0 amide bonds. The minimum Gasteiger partial charge on any atom is -0.496 e. The van der Waals surface area contributed by atoms with E-state index < -0.39 is 0 Å². The van der Waals surface area contributed by atoms with E-state index in [-0.39, 0.29) is 4.83 Å². The van der Waals surface area contributed by atoms with Crippen LogP contribution in [0.2, 0.25) is 5.02 Å². The molecule has 4 heteroatoms. The summed E-state index contributed by atoms with van der Waals surface area (Å²) >= 11 is 13.5. The summed E-state index contributed by atoms with van der Waals surface area (Å²) in [7, 11) is 1.72. The molecule has 0 radical (unpaired) electrons. The van der Waals surface area contributed by atoms with Crippen molar-refractivity contribution in [2.75, 3.05) is 7.11 Å². The van der Waals surface area contributed by atoms with Crippen LogP contribution in [-0.4, -0.2) is 7.11 Å². The van der Waals surface area contributed by atoms with Crippen molar-refractivity contribution in [3.63, 3.8) is 0 Å². The predicted octanol–water partition coefficient (Wildman–Crippen LogP) is 6.41. The van der Waals surface area contributed by atoms with Crippen LogP contribution in [0.25, 0.3) is 0 Å². The lowest BCUT2D eigenvalue weighted by atomic mass is 9.97. The van der Waals surface area contributed by atoms with Gasteiger partial charge >= 0.3 is 0 Å². The van der Waals surface area contributed by atoms with Gasteiger partial charge in [0, 0.05) is 19.9 Å². The summed E-state index contributed by atoms with van der Waals surface area (Å²) in [5, 5.41) is 0.765. The predicted molar refractivity (Wildman–Crippen MR) is 97.0 cm³/mol. The molecule has 0 aromatic heterocycles. The van der Waals surface area contributed by atoms with Crippen molar-refractivity contribution in [1.82, 2.24) is 0 Å². The monoisotopic (exact) mass is 430 g/mol. The summed E-state index contributed by atoms with van der Waals surface area (Å²) in [5.74, 6) is 0.944. The molecule has 0 aliphatic rings. The molecule has 21 heavy (non-hydrogen) atoms. The lowest BCUT2D eigenvalue weighted by Gasteiger charge is -2.20. The second-order valence-corrected chi connectivity index (χ2v) is 7.44. The standard InChI is InChI=1S/C17H17Br2ClO/c1-10-7-14(18)11(2)16(17(10)21-3)15(19)9-12-5-4-6-13(20)8-12/h4-8,15H,9H2,1-3H3. The van der Waals surface area contributed by atoms with Crippen LogP contribution in [-0.2, 0) is 6.42 Å². The van der Waals surface area contributed by atoms with E-state index in [1.165, 1.54) is 16.7 Å². The lowest BCUT2D eigenvalue weighted by molar-refractivity contribution is 0.405. The van der Waals surface area contributed by atoms with Crippen LogP contribution in [0.1, 0.15) is 27.1 Å². The van der Waals surface area contributed by atoms with E-state index in [0.29, 0.717) is 0 Å². The van der Waals surface area contributed by atoms with Crippen LogP contribution >= 0.6 is 43.5 Å².